The summed E-state index contributed by atoms with van der Waals surface area (Å²) in [7, 11) is 0. The van der Waals surface area contributed by atoms with Crippen LogP contribution >= 0.6 is 0 Å². The van der Waals surface area contributed by atoms with Crippen LogP contribution in [0.25, 0.3) is 0 Å². The molecule has 0 saturated heterocycles. The van der Waals surface area contributed by atoms with Crippen LogP contribution in [0.4, 0.5) is 0 Å². The number of nitrogens with zero attached hydrogens (tertiary/aromatic N) is 2. The molecule has 4 aliphatic carbocycles. The van der Waals surface area contributed by atoms with Gasteiger partial charge in [-0.05, 0) is 49.8 Å². The smallest absolute Gasteiger partial charge is 0.105 e. The summed E-state index contributed by atoms with van der Waals surface area (Å²) < 4.78 is 0. The molecule has 1 saturated carbocycles. The monoisotopic (exact) mass is 414 g/mol. The van der Waals surface area contributed by atoms with Crippen LogP contribution in [0.3, 0.4) is 0 Å². The Hall–Kier alpha value is -3.36. The number of aryl methyl sites for hydroxylation is 2. The number of nitriles is 2. The predicted octanol–water partition coefficient (Wildman–Crippen LogP) is 6.81. The quantitative estimate of drug-likeness (QED) is 0.507. The molecule has 1 spiro atoms. The second-order valence-electron chi connectivity index (χ2n) is 10.2. The normalized spacial score (nSPS) is 36.0. The highest BCUT2D eigenvalue weighted by atomic mass is 14.7. The molecule has 32 heavy (non-hydrogen) atoms. The number of benzene rings is 2. The van der Waals surface area contributed by atoms with E-state index < -0.39 is 16.2 Å². The molecule has 2 nitrogen and oxygen atoms in total. The summed E-state index contributed by atoms with van der Waals surface area (Å²) >= 11 is 0. The zero-order chi connectivity index (χ0) is 22.1. The largest absolute Gasteiger partial charge is 0.197 e. The third-order valence-electron chi connectivity index (χ3n) is 8.71. The van der Waals surface area contributed by atoms with E-state index in [2.05, 4.69) is 98.8 Å². The predicted molar refractivity (Wildman–Crippen MR) is 126 cm³/mol. The number of rotatable bonds is 2. The Bertz CT molecular complexity index is 1290. The second-order valence-corrected chi connectivity index (χ2v) is 10.2. The first-order valence-electron chi connectivity index (χ1n) is 11.6. The summed E-state index contributed by atoms with van der Waals surface area (Å²) in [6, 6.07) is 22.9. The fourth-order valence-electron chi connectivity index (χ4n) is 7.15. The summed E-state index contributed by atoms with van der Waals surface area (Å²) in [5.41, 5.74) is 5.92. The highest BCUT2D eigenvalue weighted by Crippen LogP contribution is 2.79. The SMILES string of the molecule is Cc1ccc([C@@H]2CC3=C4[C@]2(C#N)C=C[C@]2(C#N)C[C@@H](c5ccc(C)cc5)[C@]42C=CC3)cc1. The summed E-state index contributed by atoms with van der Waals surface area (Å²) in [4.78, 5) is 0. The first kappa shape index (κ1) is 19.3. The molecule has 6 rings (SSSR count). The van der Waals surface area contributed by atoms with Crippen LogP contribution < -0.4 is 0 Å². The molecule has 0 unspecified atom stereocenters. The van der Waals surface area contributed by atoms with Crippen LogP contribution in [0.2, 0.25) is 0 Å². The van der Waals surface area contributed by atoms with Crippen molar-refractivity contribution in [2.75, 3.05) is 0 Å². The second kappa shape index (κ2) is 6.34. The molecule has 0 aromatic heterocycles. The molecular formula is C30H26N2. The summed E-state index contributed by atoms with van der Waals surface area (Å²) in [6.45, 7) is 4.21. The minimum Gasteiger partial charge on any atom is -0.197 e. The Kier molecular flexibility index (Phi) is 3.83. The molecule has 156 valence electrons. The van der Waals surface area contributed by atoms with Crippen molar-refractivity contribution in [1.29, 1.82) is 10.5 Å². The van der Waals surface area contributed by atoms with Gasteiger partial charge in [0.05, 0.1) is 17.6 Å². The zero-order valence-corrected chi connectivity index (χ0v) is 18.6. The van der Waals surface area contributed by atoms with Gasteiger partial charge in [0.15, 0.2) is 0 Å². The van der Waals surface area contributed by atoms with Crippen molar-refractivity contribution in [2.24, 2.45) is 16.2 Å². The molecule has 2 heteroatoms. The van der Waals surface area contributed by atoms with E-state index in [4.69, 9.17) is 0 Å². The molecule has 1 fully saturated rings. The lowest BCUT2D eigenvalue weighted by molar-refractivity contribution is 0.0337. The van der Waals surface area contributed by atoms with E-state index in [1.807, 2.05) is 0 Å². The van der Waals surface area contributed by atoms with E-state index in [-0.39, 0.29) is 11.8 Å². The van der Waals surface area contributed by atoms with Crippen molar-refractivity contribution in [3.8, 4) is 12.1 Å². The molecule has 2 aromatic carbocycles. The standard InChI is InChI=1S/C30H26N2/c1-20-5-9-22(10-6-20)25-16-24-4-3-13-30-26(23-11-7-21(2)8-12-23)17-28(30,18-31)14-15-29(25,19-32)27(24)30/h3,5-15,25-26H,4,16-17H2,1-2H3/t25-,26-,28+,29-,30+/m0/s1. The van der Waals surface area contributed by atoms with E-state index in [0.29, 0.717) is 0 Å². The van der Waals surface area contributed by atoms with Gasteiger partial charge in [0.1, 0.15) is 5.41 Å². The highest BCUT2D eigenvalue weighted by Gasteiger charge is 2.73. The Morgan fingerprint density at radius 1 is 0.781 bits per heavy atom. The van der Waals surface area contributed by atoms with Crippen molar-refractivity contribution in [3.05, 3.63) is 106 Å². The minimum atomic E-state index is -0.681. The lowest BCUT2D eigenvalue weighted by Crippen LogP contribution is -2.60. The van der Waals surface area contributed by atoms with Gasteiger partial charge in [0.25, 0.3) is 0 Å². The van der Waals surface area contributed by atoms with Crippen LogP contribution in [-0.4, -0.2) is 0 Å². The highest BCUT2D eigenvalue weighted by molar-refractivity contribution is 5.64. The van der Waals surface area contributed by atoms with E-state index in [1.54, 1.807) is 0 Å². The topological polar surface area (TPSA) is 47.6 Å². The van der Waals surface area contributed by atoms with Gasteiger partial charge in [-0.3, -0.25) is 0 Å². The summed E-state index contributed by atoms with van der Waals surface area (Å²) in [5, 5.41) is 21.2. The Labute approximate surface area is 190 Å². The number of hydrogen-bond donors (Lipinski definition) is 0. The molecule has 5 atom stereocenters. The van der Waals surface area contributed by atoms with Gasteiger partial charge in [-0.25, -0.2) is 0 Å². The molecule has 0 bridgehead atoms. The van der Waals surface area contributed by atoms with E-state index >= 15 is 0 Å². The fraction of sp³-hybridized carbons (Fsp3) is 0.333. The van der Waals surface area contributed by atoms with Crippen molar-refractivity contribution in [2.45, 2.75) is 44.9 Å². The Morgan fingerprint density at radius 2 is 1.41 bits per heavy atom. The van der Waals surface area contributed by atoms with E-state index in [1.165, 1.54) is 33.4 Å². The molecule has 4 aliphatic rings. The van der Waals surface area contributed by atoms with Gasteiger partial charge >= 0.3 is 0 Å². The van der Waals surface area contributed by atoms with Crippen molar-refractivity contribution in [3.63, 3.8) is 0 Å². The molecule has 0 amide bonds. The van der Waals surface area contributed by atoms with Crippen molar-refractivity contribution in [1.82, 2.24) is 0 Å². The van der Waals surface area contributed by atoms with E-state index in [9.17, 15) is 10.5 Å². The van der Waals surface area contributed by atoms with E-state index in [0.717, 1.165) is 19.3 Å². The Morgan fingerprint density at radius 3 is 2.00 bits per heavy atom. The van der Waals surface area contributed by atoms with Gasteiger partial charge in [-0.2, -0.15) is 10.5 Å². The van der Waals surface area contributed by atoms with Crippen LogP contribution in [-0.2, 0) is 0 Å². The maximum absolute atomic E-state index is 10.7. The van der Waals surface area contributed by atoms with Crippen LogP contribution in [0.5, 0.6) is 0 Å². The molecule has 0 N–H and O–H groups in total. The summed E-state index contributed by atoms with van der Waals surface area (Å²) in [6.07, 6.45) is 11.4. The maximum Gasteiger partial charge on any atom is 0.105 e. The maximum atomic E-state index is 10.7. The third-order valence-corrected chi connectivity index (χ3v) is 8.71. The van der Waals surface area contributed by atoms with Crippen molar-refractivity contribution < 1.29 is 0 Å². The van der Waals surface area contributed by atoms with Gasteiger partial charge < -0.3 is 0 Å². The van der Waals surface area contributed by atoms with Crippen LogP contribution in [0.15, 0.2) is 84.0 Å². The number of hydrogen-bond acceptors (Lipinski definition) is 2. The summed E-state index contributed by atoms with van der Waals surface area (Å²) in [5.74, 6) is 0.320. The fourth-order valence-corrected chi connectivity index (χ4v) is 7.15. The van der Waals surface area contributed by atoms with Gasteiger partial charge in [0, 0.05) is 17.3 Å². The molecule has 2 aromatic rings. The van der Waals surface area contributed by atoms with Gasteiger partial charge in [-0.15, -0.1) is 0 Å². The lowest BCUT2D eigenvalue weighted by atomic mass is 9.35. The molecule has 0 heterocycles. The van der Waals surface area contributed by atoms with Crippen LogP contribution in [0, 0.1) is 52.8 Å². The minimum absolute atomic E-state index is 0.0992. The number of allylic oxidation sites excluding steroid dienone is 6. The molecule has 0 aliphatic heterocycles. The van der Waals surface area contributed by atoms with Gasteiger partial charge in [0.2, 0.25) is 0 Å². The zero-order valence-electron chi connectivity index (χ0n) is 18.6. The Balaban J connectivity index is 1.57. The first-order valence-corrected chi connectivity index (χ1v) is 11.6. The molecule has 0 radical (unpaired) electrons. The third kappa shape index (κ3) is 2.13. The first-order chi connectivity index (χ1) is 15.5. The average molecular weight is 415 g/mol. The van der Waals surface area contributed by atoms with Crippen molar-refractivity contribution >= 4 is 0 Å². The van der Waals surface area contributed by atoms with Gasteiger partial charge in [-0.1, -0.05) is 89.5 Å². The lowest BCUT2D eigenvalue weighted by Gasteiger charge is -2.65. The average Bonchev–Trinajstić information content (AvgIpc) is 3.15. The molecular weight excluding hydrogens is 388 g/mol. The van der Waals surface area contributed by atoms with Crippen LogP contribution in [0.1, 0.15) is 53.4 Å².